The number of para-hydroxylation sites is 1. The molecule has 1 unspecified atom stereocenters. The van der Waals surface area contributed by atoms with Gasteiger partial charge in [0.1, 0.15) is 5.25 Å². The molecule has 4 heteroatoms. The van der Waals surface area contributed by atoms with Crippen LogP contribution in [0.2, 0.25) is 0 Å². The Kier molecular flexibility index (Phi) is 4.36. The monoisotopic (exact) mass is 375 g/mol. The normalized spacial score (nSPS) is 13.0. The van der Waals surface area contributed by atoms with Crippen LogP contribution >= 0.6 is 0 Å². The Morgan fingerprint density at radius 3 is 2.11 bits per heavy atom. The van der Waals surface area contributed by atoms with E-state index in [4.69, 9.17) is 0 Å². The third-order valence-corrected chi connectivity index (χ3v) is 7.03. The van der Waals surface area contributed by atoms with Gasteiger partial charge in [-0.3, -0.25) is 0 Å². The molecule has 1 aromatic heterocycles. The molecular weight excluding hydrogens is 354 g/mol. The van der Waals surface area contributed by atoms with Gasteiger partial charge in [0.05, 0.1) is 4.90 Å². The van der Waals surface area contributed by atoms with Gasteiger partial charge in [-0.1, -0.05) is 66.2 Å². The van der Waals surface area contributed by atoms with Gasteiger partial charge in [0.15, 0.2) is 9.84 Å². The molecule has 0 aliphatic rings. The number of sulfone groups is 1. The second-order valence-corrected chi connectivity index (χ2v) is 8.89. The summed E-state index contributed by atoms with van der Waals surface area (Å²) in [5.74, 6) is 0. The molecule has 1 heterocycles. The highest BCUT2D eigenvalue weighted by molar-refractivity contribution is 7.92. The summed E-state index contributed by atoms with van der Waals surface area (Å²) in [5, 5.41) is 0.178. The summed E-state index contributed by atoms with van der Waals surface area (Å²) in [7, 11) is -3.63. The van der Waals surface area contributed by atoms with Crippen molar-refractivity contribution in [2.45, 2.75) is 24.0 Å². The van der Waals surface area contributed by atoms with E-state index in [2.05, 4.69) is 4.98 Å². The van der Waals surface area contributed by atoms with Gasteiger partial charge in [-0.05, 0) is 37.6 Å². The van der Waals surface area contributed by atoms with Crippen molar-refractivity contribution in [2.24, 2.45) is 0 Å². The number of rotatable bonds is 4. The van der Waals surface area contributed by atoms with E-state index in [9.17, 15) is 8.42 Å². The highest BCUT2D eigenvalue weighted by Gasteiger charge is 2.33. The van der Waals surface area contributed by atoms with Crippen molar-refractivity contribution in [3.8, 4) is 0 Å². The number of aryl methyl sites for hydroxylation is 2. The van der Waals surface area contributed by atoms with E-state index in [1.165, 1.54) is 0 Å². The maximum Gasteiger partial charge on any atom is 0.189 e. The highest BCUT2D eigenvalue weighted by Crippen LogP contribution is 2.40. The van der Waals surface area contributed by atoms with Gasteiger partial charge in [0.2, 0.25) is 0 Å². The first-order valence-corrected chi connectivity index (χ1v) is 10.5. The molecule has 1 N–H and O–H groups in total. The molecule has 4 aromatic rings. The Morgan fingerprint density at radius 2 is 1.41 bits per heavy atom. The second kappa shape index (κ2) is 6.71. The molecule has 4 rings (SSSR count). The SMILES string of the molecule is Cc1ccc(S(=O)(=O)C(c2ccccc2)c2c(C)[nH]c3ccccc23)cc1. The fourth-order valence-electron chi connectivity index (χ4n) is 3.63. The van der Waals surface area contributed by atoms with Crippen LogP contribution in [0, 0.1) is 13.8 Å². The fourth-order valence-corrected chi connectivity index (χ4v) is 5.55. The number of hydrogen-bond acceptors (Lipinski definition) is 2. The van der Waals surface area contributed by atoms with Crippen molar-refractivity contribution in [2.75, 3.05) is 0 Å². The zero-order valence-corrected chi connectivity index (χ0v) is 16.1. The Labute approximate surface area is 159 Å². The fraction of sp³-hybridized carbons (Fsp3) is 0.130. The molecule has 0 aliphatic heterocycles. The first-order valence-electron chi connectivity index (χ1n) is 8.91. The Balaban J connectivity index is 2.01. The lowest BCUT2D eigenvalue weighted by Crippen LogP contribution is -2.16. The van der Waals surface area contributed by atoms with Crippen molar-refractivity contribution in [1.82, 2.24) is 4.98 Å². The highest BCUT2D eigenvalue weighted by atomic mass is 32.2. The van der Waals surface area contributed by atoms with Crippen molar-refractivity contribution in [3.05, 3.63) is 101 Å². The van der Waals surface area contributed by atoms with Crippen molar-refractivity contribution in [3.63, 3.8) is 0 Å². The van der Waals surface area contributed by atoms with Gasteiger partial charge in [0.25, 0.3) is 0 Å². The van der Waals surface area contributed by atoms with Gasteiger partial charge < -0.3 is 4.98 Å². The molecule has 0 saturated heterocycles. The Bertz CT molecular complexity index is 1190. The molecule has 0 radical (unpaired) electrons. The van der Waals surface area contributed by atoms with E-state index in [1.807, 2.05) is 80.6 Å². The molecule has 3 aromatic carbocycles. The van der Waals surface area contributed by atoms with E-state index in [1.54, 1.807) is 12.1 Å². The molecule has 0 amide bonds. The van der Waals surface area contributed by atoms with Crippen LogP contribution in [0.5, 0.6) is 0 Å². The number of aromatic amines is 1. The molecular formula is C23H21NO2S. The van der Waals surface area contributed by atoms with Crippen LogP contribution in [-0.4, -0.2) is 13.4 Å². The Morgan fingerprint density at radius 1 is 0.778 bits per heavy atom. The molecule has 27 heavy (non-hydrogen) atoms. The lowest BCUT2D eigenvalue weighted by molar-refractivity contribution is 0.589. The van der Waals surface area contributed by atoms with E-state index in [-0.39, 0.29) is 0 Å². The number of aromatic nitrogens is 1. The quantitative estimate of drug-likeness (QED) is 0.523. The lowest BCUT2D eigenvalue weighted by Gasteiger charge is -2.19. The topological polar surface area (TPSA) is 49.9 Å². The van der Waals surface area contributed by atoms with Crippen LogP contribution in [0.25, 0.3) is 10.9 Å². The molecule has 0 aliphatic carbocycles. The molecule has 0 spiro atoms. The second-order valence-electron chi connectivity index (χ2n) is 6.86. The number of nitrogens with one attached hydrogen (secondary N) is 1. The number of H-pyrrole nitrogens is 1. The summed E-state index contributed by atoms with van der Waals surface area (Å²) >= 11 is 0. The third kappa shape index (κ3) is 3.06. The average Bonchev–Trinajstić information content (AvgIpc) is 2.99. The van der Waals surface area contributed by atoms with Crippen LogP contribution in [-0.2, 0) is 9.84 Å². The summed E-state index contributed by atoms with van der Waals surface area (Å²) in [6, 6.07) is 24.4. The summed E-state index contributed by atoms with van der Waals surface area (Å²) in [5.41, 5.74) is 4.45. The largest absolute Gasteiger partial charge is 0.358 e. The maximum absolute atomic E-state index is 13.7. The van der Waals surface area contributed by atoms with Crippen LogP contribution < -0.4 is 0 Å². The first kappa shape index (κ1) is 17.6. The summed E-state index contributed by atoms with van der Waals surface area (Å²) in [4.78, 5) is 3.68. The average molecular weight is 375 g/mol. The third-order valence-electron chi connectivity index (χ3n) is 4.97. The molecule has 0 saturated carbocycles. The zero-order valence-electron chi connectivity index (χ0n) is 15.3. The van der Waals surface area contributed by atoms with Gasteiger partial charge in [0, 0.05) is 22.2 Å². The standard InChI is InChI=1S/C23H21NO2S/c1-16-12-14-19(15-13-16)27(25,26)23(18-8-4-3-5-9-18)22-17(2)24-21-11-7-6-10-20(21)22/h3-15,23-24H,1-2H3. The smallest absolute Gasteiger partial charge is 0.189 e. The number of benzene rings is 3. The van der Waals surface area contributed by atoms with Crippen LogP contribution in [0.4, 0.5) is 0 Å². The summed E-state index contributed by atoms with van der Waals surface area (Å²) in [6.07, 6.45) is 0. The first-order chi connectivity index (χ1) is 13.0. The van der Waals surface area contributed by atoms with Gasteiger partial charge in [-0.15, -0.1) is 0 Å². The van der Waals surface area contributed by atoms with Crippen molar-refractivity contribution in [1.29, 1.82) is 0 Å². The van der Waals surface area contributed by atoms with E-state index in [0.29, 0.717) is 4.90 Å². The Hall–Kier alpha value is -2.85. The van der Waals surface area contributed by atoms with Crippen LogP contribution in [0.3, 0.4) is 0 Å². The molecule has 0 fully saturated rings. The summed E-state index contributed by atoms with van der Waals surface area (Å²) < 4.78 is 27.4. The van der Waals surface area contributed by atoms with Crippen molar-refractivity contribution < 1.29 is 8.42 Å². The minimum Gasteiger partial charge on any atom is -0.358 e. The van der Waals surface area contributed by atoms with Crippen LogP contribution in [0.15, 0.2) is 83.8 Å². The predicted molar refractivity (Wildman–Crippen MR) is 110 cm³/mol. The molecule has 0 bridgehead atoms. The molecule has 136 valence electrons. The molecule has 1 atom stereocenters. The summed E-state index contributed by atoms with van der Waals surface area (Å²) in [6.45, 7) is 3.89. The number of hydrogen-bond donors (Lipinski definition) is 1. The minimum atomic E-state index is -3.63. The number of fused-ring (bicyclic) bond motifs is 1. The van der Waals surface area contributed by atoms with Gasteiger partial charge >= 0.3 is 0 Å². The van der Waals surface area contributed by atoms with Gasteiger partial charge in [-0.25, -0.2) is 8.42 Å². The van der Waals surface area contributed by atoms with E-state index in [0.717, 1.165) is 33.3 Å². The van der Waals surface area contributed by atoms with Crippen LogP contribution in [0.1, 0.15) is 27.6 Å². The zero-order chi connectivity index (χ0) is 19.0. The van der Waals surface area contributed by atoms with Crippen molar-refractivity contribution >= 4 is 20.7 Å². The minimum absolute atomic E-state index is 0.339. The predicted octanol–water partition coefficient (Wildman–Crippen LogP) is 5.35. The lowest BCUT2D eigenvalue weighted by atomic mass is 10.0. The molecule has 3 nitrogen and oxygen atoms in total. The van der Waals surface area contributed by atoms with Gasteiger partial charge in [-0.2, -0.15) is 0 Å². The van der Waals surface area contributed by atoms with E-state index >= 15 is 0 Å². The maximum atomic E-state index is 13.7. The van der Waals surface area contributed by atoms with E-state index < -0.39 is 15.1 Å².